The van der Waals surface area contributed by atoms with E-state index in [9.17, 15) is 9.59 Å². The zero-order chi connectivity index (χ0) is 24.5. The molecule has 178 valence electrons. The maximum Gasteiger partial charge on any atom is 0.243 e. The van der Waals surface area contributed by atoms with Crippen LogP contribution in [0.3, 0.4) is 0 Å². The summed E-state index contributed by atoms with van der Waals surface area (Å²) < 4.78 is 6.19. The fourth-order valence-corrected chi connectivity index (χ4v) is 4.01. The molecule has 1 atom stereocenters. The molecule has 1 N–H and O–H groups in total. The predicted molar refractivity (Wildman–Crippen MR) is 139 cm³/mol. The zero-order valence-electron chi connectivity index (χ0n) is 19.8. The first-order valence-corrected chi connectivity index (χ1v) is 12.2. The molecule has 0 fully saturated rings. The molecule has 34 heavy (non-hydrogen) atoms. The van der Waals surface area contributed by atoms with E-state index in [0.29, 0.717) is 13.0 Å². The maximum atomic E-state index is 13.7. The number of rotatable bonds is 10. The van der Waals surface area contributed by atoms with Crippen molar-refractivity contribution in [1.29, 1.82) is 0 Å². The average Bonchev–Trinajstić information content (AvgIpc) is 2.83. The van der Waals surface area contributed by atoms with E-state index in [1.54, 1.807) is 12.0 Å². The number of methoxy groups -OCH3 is 1. The molecule has 0 aliphatic rings. The molecule has 3 rings (SSSR count). The summed E-state index contributed by atoms with van der Waals surface area (Å²) in [4.78, 5) is 28.7. The minimum absolute atomic E-state index is 0.0306. The van der Waals surface area contributed by atoms with Crippen LogP contribution in [0.25, 0.3) is 0 Å². The molecule has 5 nitrogen and oxygen atoms in total. The second kappa shape index (κ2) is 12.4. The van der Waals surface area contributed by atoms with Gasteiger partial charge in [-0.1, -0.05) is 70.5 Å². The Morgan fingerprint density at radius 3 is 2.09 bits per heavy atom. The van der Waals surface area contributed by atoms with Crippen LogP contribution >= 0.6 is 15.9 Å². The molecule has 0 unspecified atom stereocenters. The topological polar surface area (TPSA) is 58.6 Å². The van der Waals surface area contributed by atoms with Gasteiger partial charge in [0.25, 0.3) is 0 Å². The highest BCUT2D eigenvalue weighted by Crippen LogP contribution is 2.19. The summed E-state index contributed by atoms with van der Waals surface area (Å²) in [5.41, 5.74) is 2.83. The zero-order valence-corrected chi connectivity index (χ0v) is 21.4. The fourth-order valence-electron chi connectivity index (χ4n) is 3.74. The summed E-state index contributed by atoms with van der Waals surface area (Å²) in [7, 11) is 1.61. The van der Waals surface area contributed by atoms with Crippen LogP contribution in [0.1, 0.15) is 30.5 Å². The van der Waals surface area contributed by atoms with Crippen LogP contribution in [0.5, 0.6) is 5.75 Å². The van der Waals surface area contributed by atoms with Crippen LogP contribution in [0.15, 0.2) is 83.3 Å². The number of carbonyl (C=O) groups is 2. The Labute approximate surface area is 210 Å². The number of ether oxygens (including phenoxy) is 1. The summed E-state index contributed by atoms with van der Waals surface area (Å²) in [6, 6.07) is 24.4. The molecule has 0 radical (unpaired) electrons. The number of amides is 2. The highest BCUT2D eigenvalue weighted by atomic mass is 79.9. The summed E-state index contributed by atoms with van der Waals surface area (Å²) in [6.07, 6.45) is 0.630. The van der Waals surface area contributed by atoms with Gasteiger partial charge in [0.05, 0.1) is 13.5 Å². The first-order chi connectivity index (χ1) is 16.4. The van der Waals surface area contributed by atoms with E-state index in [2.05, 4.69) is 21.2 Å². The Bertz CT molecular complexity index is 1070. The smallest absolute Gasteiger partial charge is 0.243 e. The van der Waals surface area contributed by atoms with Crippen LogP contribution < -0.4 is 10.1 Å². The van der Waals surface area contributed by atoms with Crippen LogP contribution in [-0.2, 0) is 29.0 Å². The van der Waals surface area contributed by atoms with Crippen molar-refractivity contribution in [2.24, 2.45) is 0 Å². The lowest BCUT2D eigenvalue weighted by Gasteiger charge is -2.32. The summed E-state index contributed by atoms with van der Waals surface area (Å²) in [5, 5.41) is 3.02. The number of hydrogen-bond donors (Lipinski definition) is 1. The molecule has 0 aliphatic heterocycles. The lowest BCUT2D eigenvalue weighted by Crippen LogP contribution is -2.52. The first-order valence-electron chi connectivity index (χ1n) is 11.4. The van der Waals surface area contributed by atoms with Gasteiger partial charge in [-0.05, 0) is 54.8 Å². The molecule has 0 heterocycles. The maximum absolute atomic E-state index is 13.7. The molecule has 3 aromatic rings. The van der Waals surface area contributed by atoms with Crippen LogP contribution in [0.2, 0.25) is 0 Å². The third-order valence-electron chi connectivity index (χ3n) is 5.48. The molecule has 3 aromatic carbocycles. The minimum Gasteiger partial charge on any atom is -0.497 e. The third kappa shape index (κ3) is 7.45. The van der Waals surface area contributed by atoms with Gasteiger partial charge < -0.3 is 15.0 Å². The monoisotopic (exact) mass is 522 g/mol. The highest BCUT2D eigenvalue weighted by Gasteiger charge is 2.30. The number of halogens is 1. The van der Waals surface area contributed by atoms with Crippen molar-refractivity contribution in [3.63, 3.8) is 0 Å². The molecule has 6 heteroatoms. The molecule has 0 aliphatic carbocycles. The first kappa shape index (κ1) is 25.5. The lowest BCUT2D eigenvalue weighted by molar-refractivity contribution is -0.141. The Morgan fingerprint density at radius 1 is 0.882 bits per heavy atom. The molecular weight excluding hydrogens is 492 g/mol. The molecule has 0 saturated heterocycles. The van der Waals surface area contributed by atoms with E-state index >= 15 is 0 Å². The van der Waals surface area contributed by atoms with Gasteiger partial charge in [-0.25, -0.2) is 0 Å². The summed E-state index contributed by atoms with van der Waals surface area (Å²) in [6.45, 7) is 4.19. The fraction of sp³-hybridized carbons (Fsp3) is 0.286. The van der Waals surface area contributed by atoms with Crippen molar-refractivity contribution >= 4 is 27.7 Å². The second-order valence-corrected chi connectivity index (χ2v) is 9.46. The van der Waals surface area contributed by atoms with Gasteiger partial charge in [-0.15, -0.1) is 0 Å². The molecule has 2 amide bonds. The van der Waals surface area contributed by atoms with Crippen molar-refractivity contribution in [2.75, 3.05) is 7.11 Å². The third-order valence-corrected chi connectivity index (χ3v) is 6.01. The van der Waals surface area contributed by atoms with Crippen LogP contribution in [0, 0.1) is 0 Å². The minimum atomic E-state index is -0.640. The van der Waals surface area contributed by atoms with Gasteiger partial charge in [-0.2, -0.15) is 0 Å². The van der Waals surface area contributed by atoms with E-state index in [-0.39, 0.29) is 24.3 Å². The van der Waals surface area contributed by atoms with Gasteiger partial charge in [0.15, 0.2) is 0 Å². The Kier molecular flexibility index (Phi) is 9.28. The number of nitrogens with one attached hydrogen (secondary N) is 1. The van der Waals surface area contributed by atoms with Crippen LogP contribution in [-0.4, -0.2) is 35.9 Å². The van der Waals surface area contributed by atoms with E-state index < -0.39 is 6.04 Å². The van der Waals surface area contributed by atoms with Crippen molar-refractivity contribution in [2.45, 2.75) is 45.3 Å². The number of hydrogen-bond acceptors (Lipinski definition) is 3. The van der Waals surface area contributed by atoms with E-state index in [1.807, 2.05) is 92.7 Å². The van der Waals surface area contributed by atoms with Crippen molar-refractivity contribution in [3.8, 4) is 5.75 Å². The lowest BCUT2D eigenvalue weighted by atomic mass is 10.0. The predicted octanol–water partition coefficient (Wildman–Crippen LogP) is 5.16. The normalized spacial score (nSPS) is 11.7. The van der Waals surface area contributed by atoms with Gasteiger partial charge in [0, 0.05) is 23.5 Å². The second-order valence-electron chi connectivity index (χ2n) is 8.54. The van der Waals surface area contributed by atoms with E-state index in [1.165, 1.54) is 0 Å². The van der Waals surface area contributed by atoms with E-state index in [4.69, 9.17) is 4.74 Å². The quantitative estimate of drug-likeness (QED) is 0.399. The standard InChI is InChI=1S/C28H31BrN2O3/c1-20(2)30-28(33)26(17-21-7-5-4-6-8-21)31(19-23-9-13-24(29)14-10-23)27(32)18-22-11-15-25(34-3)16-12-22/h4-16,20,26H,17-19H2,1-3H3,(H,30,33)/t26-/m1/s1. The van der Waals surface area contributed by atoms with Gasteiger partial charge in [0.1, 0.15) is 11.8 Å². The SMILES string of the molecule is COc1ccc(CC(=O)N(Cc2ccc(Br)cc2)[C@H](Cc2ccccc2)C(=O)NC(C)C)cc1. The van der Waals surface area contributed by atoms with Crippen molar-refractivity contribution in [1.82, 2.24) is 10.2 Å². The largest absolute Gasteiger partial charge is 0.497 e. The molecule has 0 aromatic heterocycles. The Hall–Kier alpha value is -3.12. The highest BCUT2D eigenvalue weighted by molar-refractivity contribution is 9.10. The van der Waals surface area contributed by atoms with Crippen molar-refractivity contribution < 1.29 is 14.3 Å². The Morgan fingerprint density at radius 2 is 1.50 bits per heavy atom. The molecular formula is C28H31BrN2O3. The molecule has 0 spiro atoms. The number of benzene rings is 3. The summed E-state index contributed by atoms with van der Waals surface area (Å²) >= 11 is 3.47. The van der Waals surface area contributed by atoms with Gasteiger partial charge >= 0.3 is 0 Å². The van der Waals surface area contributed by atoms with Gasteiger partial charge in [-0.3, -0.25) is 9.59 Å². The van der Waals surface area contributed by atoms with Crippen LogP contribution in [0.4, 0.5) is 0 Å². The van der Waals surface area contributed by atoms with E-state index in [0.717, 1.165) is 26.9 Å². The van der Waals surface area contributed by atoms with Crippen molar-refractivity contribution in [3.05, 3.63) is 100 Å². The number of nitrogens with zero attached hydrogens (tertiary/aromatic N) is 1. The number of carbonyl (C=O) groups excluding carboxylic acids is 2. The van der Waals surface area contributed by atoms with Gasteiger partial charge in [0.2, 0.25) is 11.8 Å². The average molecular weight is 523 g/mol. The Balaban J connectivity index is 1.94. The molecule has 0 saturated carbocycles. The summed E-state index contributed by atoms with van der Waals surface area (Å²) in [5.74, 6) is 0.480. The molecule has 0 bridgehead atoms.